The molecule has 0 amide bonds. The summed E-state index contributed by atoms with van der Waals surface area (Å²) in [6.45, 7) is 0. The fraction of sp³-hybridized carbons (Fsp3) is 0. The van der Waals surface area contributed by atoms with E-state index in [4.69, 9.17) is 40.5 Å². The SMILES string of the molecule is Nc1c(Nc2cccc(Cl)c2)ncnc1Nc1cc(Cl)ccc1Cl. The number of nitrogen functional groups attached to an aromatic ring is 1. The Labute approximate surface area is 153 Å². The van der Waals surface area contributed by atoms with E-state index in [2.05, 4.69) is 20.6 Å². The Morgan fingerprint density at radius 1 is 0.833 bits per heavy atom. The molecule has 3 rings (SSSR count). The first kappa shape index (κ1) is 16.6. The van der Waals surface area contributed by atoms with Gasteiger partial charge in [-0.15, -0.1) is 0 Å². The number of nitrogens with one attached hydrogen (secondary N) is 2. The van der Waals surface area contributed by atoms with Gasteiger partial charge in [-0.05, 0) is 36.4 Å². The van der Waals surface area contributed by atoms with Crippen molar-refractivity contribution < 1.29 is 0 Å². The molecule has 0 fully saturated rings. The number of hydrogen-bond donors (Lipinski definition) is 3. The number of anilines is 5. The van der Waals surface area contributed by atoms with Gasteiger partial charge in [0.25, 0.3) is 0 Å². The molecular weight excluding hydrogens is 369 g/mol. The first-order chi connectivity index (χ1) is 11.5. The van der Waals surface area contributed by atoms with E-state index in [9.17, 15) is 0 Å². The summed E-state index contributed by atoms with van der Waals surface area (Å²) >= 11 is 18.1. The molecule has 0 radical (unpaired) electrons. The van der Waals surface area contributed by atoms with E-state index in [0.29, 0.717) is 38.1 Å². The minimum absolute atomic E-state index is 0.341. The molecule has 0 saturated carbocycles. The minimum Gasteiger partial charge on any atom is -0.393 e. The molecule has 24 heavy (non-hydrogen) atoms. The van der Waals surface area contributed by atoms with Gasteiger partial charge in [-0.1, -0.05) is 40.9 Å². The number of rotatable bonds is 4. The lowest BCUT2D eigenvalue weighted by Crippen LogP contribution is -2.05. The van der Waals surface area contributed by atoms with E-state index >= 15 is 0 Å². The van der Waals surface area contributed by atoms with Crippen LogP contribution in [0.4, 0.5) is 28.7 Å². The first-order valence-electron chi connectivity index (χ1n) is 6.88. The van der Waals surface area contributed by atoms with Crippen molar-refractivity contribution in [2.24, 2.45) is 0 Å². The number of benzene rings is 2. The van der Waals surface area contributed by atoms with Gasteiger partial charge in [0, 0.05) is 15.7 Å². The summed E-state index contributed by atoms with van der Waals surface area (Å²) in [6, 6.07) is 12.3. The molecule has 0 saturated heterocycles. The Hall–Kier alpha value is -2.21. The largest absolute Gasteiger partial charge is 0.393 e. The predicted molar refractivity (Wildman–Crippen MR) is 101 cm³/mol. The van der Waals surface area contributed by atoms with E-state index in [1.807, 2.05) is 12.1 Å². The number of nitrogens with zero attached hydrogens (tertiary/aromatic N) is 2. The van der Waals surface area contributed by atoms with Gasteiger partial charge in [-0.2, -0.15) is 0 Å². The highest BCUT2D eigenvalue weighted by molar-refractivity contribution is 6.35. The lowest BCUT2D eigenvalue weighted by Gasteiger charge is -2.13. The summed E-state index contributed by atoms with van der Waals surface area (Å²) in [4.78, 5) is 8.31. The van der Waals surface area contributed by atoms with Gasteiger partial charge >= 0.3 is 0 Å². The third-order valence-electron chi connectivity index (χ3n) is 3.15. The normalized spacial score (nSPS) is 10.5. The van der Waals surface area contributed by atoms with E-state index < -0.39 is 0 Å². The fourth-order valence-corrected chi connectivity index (χ4v) is 2.55. The van der Waals surface area contributed by atoms with Crippen LogP contribution in [0.2, 0.25) is 15.1 Å². The van der Waals surface area contributed by atoms with Crippen LogP contribution in [0.25, 0.3) is 0 Å². The monoisotopic (exact) mass is 379 g/mol. The highest BCUT2D eigenvalue weighted by atomic mass is 35.5. The molecule has 0 spiro atoms. The average molecular weight is 381 g/mol. The summed E-state index contributed by atoms with van der Waals surface area (Å²) in [5, 5.41) is 7.82. The molecule has 8 heteroatoms. The second-order valence-corrected chi connectivity index (χ2v) is 6.15. The molecule has 4 N–H and O–H groups in total. The van der Waals surface area contributed by atoms with Crippen molar-refractivity contribution in [3.05, 3.63) is 63.9 Å². The molecule has 1 aromatic heterocycles. The van der Waals surface area contributed by atoms with E-state index in [1.54, 1.807) is 30.3 Å². The molecule has 3 aromatic rings. The Bertz CT molecular complexity index is 885. The van der Waals surface area contributed by atoms with Crippen LogP contribution >= 0.6 is 34.8 Å². The van der Waals surface area contributed by atoms with Crippen LogP contribution in [-0.4, -0.2) is 9.97 Å². The maximum absolute atomic E-state index is 6.15. The molecule has 5 nitrogen and oxygen atoms in total. The lowest BCUT2D eigenvalue weighted by atomic mass is 10.3. The van der Waals surface area contributed by atoms with Gasteiger partial charge in [0.05, 0.1) is 10.7 Å². The van der Waals surface area contributed by atoms with Gasteiger partial charge in [-0.3, -0.25) is 0 Å². The van der Waals surface area contributed by atoms with E-state index in [0.717, 1.165) is 5.69 Å². The summed E-state index contributed by atoms with van der Waals surface area (Å²) in [6.07, 6.45) is 1.39. The molecule has 0 aliphatic carbocycles. The van der Waals surface area contributed by atoms with Crippen molar-refractivity contribution in [2.75, 3.05) is 16.4 Å². The van der Waals surface area contributed by atoms with Crippen LogP contribution in [0.15, 0.2) is 48.8 Å². The zero-order valence-corrected chi connectivity index (χ0v) is 14.5. The molecule has 0 aliphatic heterocycles. The van der Waals surface area contributed by atoms with Crippen LogP contribution < -0.4 is 16.4 Å². The van der Waals surface area contributed by atoms with Crippen LogP contribution in [0, 0.1) is 0 Å². The molecule has 1 heterocycles. The summed E-state index contributed by atoms with van der Waals surface area (Å²) in [5.41, 5.74) is 7.85. The third-order valence-corrected chi connectivity index (χ3v) is 3.95. The van der Waals surface area contributed by atoms with Gasteiger partial charge in [0.15, 0.2) is 11.6 Å². The van der Waals surface area contributed by atoms with Crippen molar-refractivity contribution in [3.8, 4) is 0 Å². The minimum atomic E-state index is 0.341. The highest BCUT2D eigenvalue weighted by Crippen LogP contribution is 2.32. The smallest absolute Gasteiger partial charge is 0.159 e. The topological polar surface area (TPSA) is 75.9 Å². The molecule has 2 aromatic carbocycles. The maximum Gasteiger partial charge on any atom is 0.159 e. The van der Waals surface area contributed by atoms with Gasteiger partial charge in [-0.25, -0.2) is 9.97 Å². The zero-order chi connectivity index (χ0) is 17.1. The predicted octanol–water partition coefficient (Wildman–Crippen LogP) is 5.51. The molecule has 0 atom stereocenters. The van der Waals surface area contributed by atoms with Crippen molar-refractivity contribution in [3.63, 3.8) is 0 Å². The van der Waals surface area contributed by atoms with Crippen molar-refractivity contribution in [1.29, 1.82) is 0 Å². The molecular formula is C16H12Cl3N5. The second-order valence-electron chi connectivity index (χ2n) is 4.87. The zero-order valence-electron chi connectivity index (χ0n) is 12.2. The molecule has 0 unspecified atom stereocenters. The van der Waals surface area contributed by atoms with Crippen molar-refractivity contribution >= 4 is 63.5 Å². The van der Waals surface area contributed by atoms with Crippen LogP contribution in [0.1, 0.15) is 0 Å². The lowest BCUT2D eigenvalue weighted by molar-refractivity contribution is 1.17. The summed E-state index contributed by atoms with van der Waals surface area (Å²) in [7, 11) is 0. The number of halogens is 3. The summed E-state index contributed by atoms with van der Waals surface area (Å²) in [5.74, 6) is 0.867. The molecule has 0 aliphatic rings. The maximum atomic E-state index is 6.15. The molecule has 122 valence electrons. The van der Waals surface area contributed by atoms with Gasteiger partial charge in [0.2, 0.25) is 0 Å². The van der Waals surface area contributed by atoms with E-state index in [-0.39, 0.29) is 0 Å². The number of nitrogens with two attached hydrogens (primary N) is 1. The van der Waals surface area contributed by atoms with Crippen LogP contribution in [0.3, 0.4) is 0 Å². The fourth-order valence-electron chi connectivity index (χ4n) is 2.02. The third kappa shape index (κ3) is 3.82. The van der Waals surface area contributed by atoms with Gasteiger partial charge in [0.1, 0.15) is 12.0 Å². The standard InChI is InChI=1S/C16H12Cl3N5/c17-9-2-1-3-11(6-9)23-15-14(20)16(22-8-21-15)24-13-7-10(18)4-5-12(13)19/h1-8H,20H2,(H2,21,22,23,24). The Morgan fingerprint density at radius 2 is 1.54 bits per heavy atom. The molecule has 0 bridgehead atoms. The van der Waals surface area contributed by atoms with Gasteiger partial charge < -0.3 is 16.4 Å². The number of aromatic nitrogens is 2. The number of hydrogen-bond acceptors (Lipinski definition) is 5. The second kappa shape index (κ2) is 7.13. The first-order valence-corrected chi connectivity index (χ1v) is 8.01. The Balaban J connectivity index is 1.89. The van der Waals surface area contributed by atoms with E-state index in [1.165, 1.54) is 6.33 Å². The van der Waals surface area contributed by atoms with Crippen molar-refractivity contribution in [1.82, 2.24) is 9.97 Å². The quantitative estimate of drug-likeness (QED) is 0.556. The Morgan fingerprint density at radius 3 is 2.29 bits per heavy atom. The van der Waals surface area contributed by atoms with Crippen LogP contribution in [0.5, 0.6) is 0 Å². The summed E-state index contributed by atoms with van der Waals surface area (Å²) < 4.78 is 0. The van der Waals surface area contributed by atoms with Crippen LogP contribution in [-0.2, 0) is 0 Å². The Kier molecular flexibility index (Phi) is 4.94. The van der Waals surface area contributed by atoms with Crippen molar-refractivity contribution in [2.45, 2.75) is 0 Å². The highest BCUT2D eigenvalue weighted by Gasteiger charge is 2.11. The average Bonchev–Trinajstić information content (AvgIpc) is 2.55.